The number of hydrogen-bond acceptors (Lipinski definition) is 16. The zero-order chi connectivity index (χ0) is 28.2. The Hall–Kier alpha value is -2.16. The lowest BCUT2D eigenvalue weighted by molar-refractivity contribution is -0.226. The number of carbonyl (C=O) groups is 1. The topological polar surface area (TPSA) is 308 Å². The number of phosphoric ester groups is 2. The van der Waals surface area contributed by atoms with Gasteiger partial charge in [-0.25, -0.2) is 14.1 Å². The first-order chi connectivity index (χ1) is 17.6. The summed E-state index contributed by atoms with van der Waals surface area (Å²) in [7, 11) is -11.0. The van der Waals surface area contributed by atoms with Crippen molar-refractivity contribution in [2.24, 2.45) is 0 Å². The summed E-state index contributed by atoms with van der Waals surface area (Å²) in [5.41, 5.74) is 4.57. The Morgan fingerprint density at radius 1 is 1.11 bits per heavy atom. The van der Waals surface area contributed by atoms with E-state index in [4.69, 9.17) is 15.2 Å². The van der Waals surface area contributed by atoms with Gasteiger partial charge in [-0.15, -0.1) is 0 Å². The molecule has 4 rings (SSSR count). The monoisotopic (exact) mass is 587 g/mol. The minimum Gasteiger partial charge on any atom is -0.387 e. The van der Waals surface area contributed by atoms with E-state index >= 15 is 0 Å². The highest BCUT2D eigenvalue weighted by molar-refractivity contribution is 7.61. The van der Waals surface area contributed by atoms with E-state index in [1.54, 1.807) is 0 Å². The number of ether oxygens (including phenoxy) is 2. The van der Waals surface area contributed by atoms with Crippen molar-refractivity contribution in [3.05, 3.63) is 16.7 Å². The van der Waals surface area contributed by atoms with Crippen LogP contribution in [0, 0.1) is 0 Å². The van der Waals surface area contributed by atoms with Crippen LogP contribution >= 0.6 is 15.6 Å². The number of H-pyrrole nitrogens is 1. The van der Waals surface area contributed by atoms with E-state index < -0.39 is 82.7 Å². The van der Waals surface area contributed by atoms with E-state index in [0.29, 0.717) is 0 Å². The molecular formula is C16H23N5O15P2. The molecular weight excluding hydrogens is 564 g/mol. The van der Waals surface area contributed by atoms with Gasteiger partial charge in [-0.2, -0.15) is 9.29 Å². The fourth-order valence-electron chi connectivity index (χ4n) is 3.69. The lowest BCUT2D eigenvalue weighted by Crippen LogP contribution is -2.54. The number of nitrogens with two attached hydrogens (primary N) is 1. The Morgan fingerprint density at radius 2 is 1.79 bits per heavy atom. The number of fused-ring (bicyclic) bond motifs is 1. The Kier molecular flexibility index (Phi) is 7.92. The summed E-state index contributed by atoms with van der Waals surface area (Å²) in [6.07, 6.45) is -12.9. The fourth-order valence-corrected chi connectivity index (χ4v) is 5.85. The number of Topliss-reactive ketones (excluding diaryl/α,β-unsaturated/α-hetero) is 1. The summed E-state index contributed by atoms with van der Waals surface area (Å²) in [6.45, 7) is 0.180. The van der Waals surface area contributed by atoms with Crippen LogP contribution in [-0.2, 0) is 36.8 Å². The molecule has 0 spiro atoms. The van der Waals surface area contributed by atoms with Gasteiger partial charge in [0, 0.05) is 0 Å². The lowest BCUT2D eigenvalue weighted by atomic mass is 10.0. The van der Waals surface area contributed by atoms with Gasteiger partial charge in [-0.3, -0.25) is 28.2 Å². The van der Waals surface area contributed by atoms with E-state index in [1.807, 2.05) is 0 Å². The molecule has 9 N–H and O–H groups in total. The van der Waals surface area contributed by atoms with E-state index in [1.165, 1.54) is 0 Å². The molecule has 38 heavy (non-hydrogen) atoms. The maximum absolute atomic E-state index is 12.3. The number of carbonyl (C=O) groups excluding carboxylic acids is 1. The molecule has 0 aliphatic carbocycles. The molecule has 2 fully saturated rings. The largest absolute Gasteiger partial charge is 0.483 e. The molecule has 0 aromatic carbocycles. The molecule has 2 aromatic rings. The highest BCUT2D eigenvalue weighted by Crippen LogP contribution is 2.61. The first kappa shape index (κ1) is 28.8. The molecule has 2 aliphatic heterocycles. The second-order valence-electron chi connectivity index (χ2n) is 8.23. The van der Waals surface area contributed by atoms with Crippen LogP contribution < -0.4 is 11.3 Å². The number of nitrogen functional groups attached to an aromatic ring is 1. The molecule has 22 heteroatoms. The van der Waals surface area contributed by atoms with Crippen molar-refractivity contribution in [3.8, 4) is 0 Å². The summed E-state index contributed by atoms with van der Waals surface area (Å²) < 4.78 is 49.0. The predicted molar refractivity (Wildman–Crippen MR) is 118 cm³/mol. The molecule has 4 heterocycles. The van der Waals surface area contributed by atoms with Gasteiger partial charge in [0.05, 0.1) is 12.9 Å². The van der Waals surface area contributed by atoms with Gasteiger partial charge < -0.3 is 45.4 Å². The van der Waals surface area contributed by atoms with Crippen LogP contribution in [-0.4, -0.2) is 105 Å². The van der Waals surface area contributed by atoms with Gasteiger partial charge in [0.1, 0.15) is 36.6 Å². The van der Waals surface area contributed by atoms with Crippen molar-refractivity contribution in [1.29, 1.82) is 0 Å². The second kappa shape index (κ2) is 10.4. The van der Waals surface area contributed by atoms with Crippen molar-refractivity contribution in [1.82, 2.24) is 19.5 Å². The Labute approximate surface area is 210 Å². The number of nitrogens with zero attached hydrogens (tertiary/aromatic N) is 3. The van der Waals surface area contributed by atoms with Gasteiger partial charge in [0.2, 0.25) is 5.95 Å². The normalized spacial score (nSPS) is 35.3. The van der Waals surface area contributed by atoms with Crippen LogP contribution in [0.5, 0.6) is 0 Å². The summed E-state index contributed by atoms with van der Waals surface area (Å²) in [5, 5.41) is 40.2. The van der Waals surface area contributed by atoms with Gasteiger partial charge in [0.25, 0.3) is 5.56 Å². The first-order valence-electron chi connectivity index (χ1n) is 10.6. The van der Waals surface area contributed by atoms with Gasteiger partial charge in [-0.1, -0.05) is 0 Å². The fraction of sp³-hybridized carbons (Fsp3) is 0.625. The number of aliphatic hydroxyl groups excluding tert-OH is 4. The van der Waals surface area contributed by atoms with Crippen LogP contribution in [0.25, 0.3) is 11.2 Å². The molecule has 10 unspecified atom stereocenters. The van der Waals surface area contributed by atoms with Gasteiger partial charge in [-0.05, 0) is 6.92 Å². The lowest BCUT2D eigenvalue weighted by Gasteiger charge is -2.34. The summed E-state index contributed by atoms with van der Waals surface area (Å²) in [6, 6.07) is 0. The highest BCUT2D eigenvalue weighted by Gasteiger charge is 2.49. The summed E-state index contributed by atoms with van der Waals surface area (Å²) in [5.74, 6) is -1.21. The number of imidazole rings is 1. The molecule has 10 atom stereocenters. The van der Waals surface area contributed by atoms with Crippen LogP contribution in [0.3, 0.4) is 0 Å². The number of rotatable bonds is 8. The number of aromatic nitrogens is 4. The number of aliphatic hydroxyl groups is 4. The van der Waals surface area contributed by atoms with Crippen molar-refractivity contribution in [2.75, 3.05) is 12.3 Å². The SMILES string of the molecule is CC1OC(OP(=O)(O)OP(=O)(O)OCC2OC(n3cnc4c(=O)[nH]c(N)nc43)C(O)C2O)C(O)C(O)C1=O. The summed E-state index contributed by atoms with van der Waals surface area (Å²) >= 11 is 0. The standard InChI is InChI=1S/C16H23N5O15P2/c1-4-7(22)9(24)11(26)15(33-4)35-38(30,31)36-37(28,29)32-2-5-8(23)10(25)14(34-5)21-3-18-6-12(21)19-16(17)20-13(6)27/h3-5,8-11,14-15,23-26H,2H2,1H3,(H,28,29)(H,30,31)(H3,17,19,20,27). The molecule has 212 valence electrons. The van der Waals surface area contributed by atoms with Crippen molar-refractivity contribution < 1.29 is 67.0 Å². The minimum absolute atomic E-state index is 0.105. The van der Waals surface area contributed by atoms with Crippen molar-refractivity contribution in [2.45, 2.75) is 56.1 Å². The van der Waals surface area contributed by atoms with Crippen LogP contribution in [0.2, 0.25) is 0 Å². The number of ketones is 1. The van der Waals surface area contributed by atoms with Gasteiger partial charge >= 0.3 is 15.6 Å². The summed E-state index contributed by atoms with van der Waals surface area (Å²) in [4.78, 5) is 53.2. The third-order valence-corrected chi connectivity index (χ3v) is 8.14. The van der Waals surface area contributed by atoms with Crippen molar-refractivity contribution in [3.63, 3.8) is 0 Å². The Bertz CT molecular complexity index is 1370. The molecule has 0 saturated carbocycles. The zero-order valence-corrected chi connectivity index (χ0v) is 20.9. The number of nitrogens with one attached hydrogen (secondary N) is 1. The maximum atomic E-state index is 12.3. The van der Waals surface area contributed by atoms with Crippen LogP contribution in [0.15, 0.2) is 11.1 Å². The second-order valence-corrected chi connectivity index (χ2v) is 11.2. The maximum Gasteiger partial charge on any atom is 0.483 e. The van der Waals surface area contributed by atoms with E-state index in [0.717, 1.165) is 17.8 Å². The third kappa shape index (κ3) is 5.73. The molecule has 0 amide bonds. The Balaban J connectivity index is 1.40. The number of hydrogen-bond donors (Lipinski definition) is 8. The average molecular weight is 587 g/mol. The van der Waals surface area contributed by atoms with Crippen LogP contribution in [0.4, 0.5) is 5.95 Å². The van der Waals surface area contributed by atoms with E-state index in [9.17, 15) is 48.9 Å². The average Bonchev–Trinajstić information content (AvgIpc) is 3.35. The smallest absolute Gasteiger partial charge is 0.387 e. The molecule has 20 nitrogen and oxygen atoms in total. The third-order valence-electron chi connectivity index (χ3n) is 5.54. The minimum atomic E-state index is -5.53. The molecule has 0 radical (unpaired) electrons. The molecule has 2 aromatic heterocycles. The number of aromatic amines is 1. The quantitative estimate of drug-likeness (QED) is 0.140. The molecule has 2 saturated heterocycles. The van der Waals surface area contributed by atoms with Crippen molar-refractivity contribution >= 4 is 38.5 Å². The molecule has 0 bridgehead atoms. The first-order valence-corrected chi connectivity index (χ1v) is 13.6. The highest BCUT2D eigenvalue weighted by atomic mass is 31.3. The number of phosphoric acid groups is 2. The van der Waals surface area contributed by atoms with E-state index in [2.05, 4.69) is 28.3 Å². The predicted octanol–water partition coefficient (Wildman–Crippen LogP) is -3.39. The Morgan fingerprint density at radius 3 is 2.47 bits per heavy atom. The number of anilines is 1. The molecule has 2 aliphatic rings. The zero-order valence-electron chi connectivity index (χ0n) is 19.1. The van der Waals surface area contributed by atoms with Crippen LogP contribution in [0.1, 0.15) is 13.2 Å². The van der Waals surface area contributed by atoms with E-state index in [-0.39, 0.29) is 17.1 Å². The van der Waals surface area contributed by atoms with Gasteiger partial charge in [0.15, 0.2) is 29.5 Å².